The van der Waals surface area contributed by atoms with E-state index in [1.165, 1.54) is 22.3 Å². The first-order valence-electron chi connectivity index (χ1n) is 12.0. The number of amides is 1. The van der Waals surface area contributed by atoms with Crippen LogP contribution in [0.3, 0.4) is 0 Å². The number of rotatable bonds is 6. The molecule has 4 nitrogen and oxygen atoms in total. The second-order valence-electron chi connectivity index (χ2n) is 9.07. The average Bonchev–Trinajstić information content (AvgIpc) is 3.23. The van der Waals surface area contributed by atoms with Crippen LogP contribution in [0.4, 0.5) is 5.69 Å². The number of carbonyl (C=O) groups is 1. The van der Waals surface area contributed by atoms with E-state index in [1.807, 2.05) is 12.1 Å². The minimum Gasteiger partial charge on any atom is -0.368 e. The Balaban J connectivity index is 0.00000289. The van der Waals surface area contributed by atoms with E-state index in [9.17, 15) is 4.79 Å². The second-order valence-corrected chi connectivity index (χ2v) is 9.86. The van der Waals surface area contributed by atoms with Crippen molar-refractivity contribution >= 4 is 47.2 Å². The van der Waals surface area contributed by atoms with Crippen LogP contribution >= 0.6 is 35.6 Å². The Morgan fingerprint density at radius 2 is 1.74 bits per heavy atom. The molecule has 0 saturated carbocycles. The predicted octanol–water partition coefficient (Wildman–Crippen LogP) is 6.50. The Morgan fingerprint density at radius 1 is 1.03 bits per heavy atom. The van der Waals surface area contributed by atoms with Gasteiger partial charge < -0.3 is 16.0 Å². The summed E-state index contributed by atoms with van der Waals surface area (Å²) in [5.41, 5.74) is 15.5. The van der Waals surface area contributed by atoms with Gasteiger partial charge in [-0.25, -0.2) is 0 Å². The standard InChI is InChI=1S/C28H29Cl2N3O.ClH/c1-2-3-8-19-21-16-17-7-4-5-9-18(17)23(21)24(20-10-6-11-22(29)26(20)30)27(25(19)28(31)34)33-14-12-32-13-15-33;/h4-7,9-11,32H,2-3,8,12-16H2,1H3,(H2,31,34);1H. The van der Waals surface area contributed by atoms with Crippen molar-refractivity contribution in [3.8, 4) is 22.3 Å². The number of nitrogens with one attached hydrogen (secondary N) is 1. The van der Waals surface area contributed by atoms with Crippen molar-refractivity contribution in [3.05, 3.63) is 74.8 Å². The molecular weight excluding hydrogens is 501 g/mol. The Morgan fingerprint density at radius 3 is 2.46 bits per heavy atom. The van der Waals surface area contributed by atoms with Gasteiger partial charge >= 0.3 is 0 Å². The lowest BCUT2D eigenvalue weighted by molar-refractivity contribution is 0.0999. The molecule has 3 aromatic carbocycles. The number of hydrogen-bond acceptors (Lipinski definition) is 3. The van der Waals surface area contributed by atoms with Crippen molar-refractivity contribution in [3.63, 3.8) is 0 Å². The molecule has 184 valence electrons. The number of piperazine rings is 1. The maximum atomic E-state index is 13.2. The first-order valence-corrected chi connectivity index (χ1v) is 12.8. The second kappa shape index (κ2) is 10.8. The van der Waals surface area contributed by atoms with Gasteiger partial charge in [0.05, 0.1) is 21.3 Å². The van der Waals surface area contributed by atoms with Gasteiger partial charge in [-0.3, -0.25) is 4.79 Å². The molecule has 2 aliphatic rings. The van der Waals surface area contributed by atoms with E-state index in [4.69, 9.17) is 28.9 Å². The van der Waals surface area contributed by atoms with Crippen molar-refractivity contribution in [1.82, 2.24) is 5.32 Å². The van der Waals surface area contributed by atoms with Gasteiger partial charge in [-0.05, 0) is 53.1 Å². The molecule has 0 radical (unpaired) electrons. The summed E-state index contributed by atoms with van der Waals surface area (Å²) in [6.07, 6.45) is 3.66. The molecule has 1 aliphatic heterocycles. The largest absolute Gasteiger partial charge is 0.368 e. The lowest BCUT2D eigenvalue weighted by Gasteiger charge is -2.35. The third-order valence-electron chi connectivity index (χ3n) is 7.03. The highest BCUT2D eigenvalue weighted by molar-refractivity contribution is 6.44. The molecule has 1 saturated heterocycles. The lowest BCUT2D eigenvalue weighted by Crippen LogP contribution is -2.44. The summed E-state index contributed by atoms with van der Waals surface area (Å²) in [4.78, 5) is 15.5. The van der Waals surface area contributed by atoms with Crippen LogP contribution in [-0.4, -0.2) is 32.1 Å². The van der Waals surface area contributed by atoms with Gasteiger partial charge in [-0.1, -0.05) is 72.9 Å². The first kappa shape index (κ1) is 25.8. The van der Waals surface area contributed by atoms with Gasteiger partial charge in [0.15, 0.2) is 0 Å². The SMILES string of the molecule is CCCCc1c2c(c(-c3cccc(Cl)c3Cl)c(N3CCNCC3)c1C(N)=O)-c1ccccc1C2.Cl. The number of halogens is 3. The Labute approximate surface area is 223 Å². The van der Waals surface area contributed by atoms with E-state index in [-0.39, 0.29) is 18.3 Å². The van der Waals surface area contributed by atoms with E-state index < -0.39 is 0 Å². The van der Waals surface area contributed by atoms with Crippen molar-refractivity contribution < 1.29 is 4.79 Å². The molecule has 1 heterocycles. The van der Waals surface area contributed by atoms with E-state index in [2.05, 4.69) is 41.4 Å². The third kappa shape index (κ3) is 4.53. The minimum absolute atomic E-state index is 0. The highest BCUT2D eigenvalue weighted by Crippen LogP contribution is 2.53. The highest BCUT2D eigenvalue weighted by atomic mass is 35.5. The molecule has 0 unspecified atom stereocenters. The van der Waals surface area contributed by atoms with E-state index >= 15 is 0 Å². The van der Waals surface area contributed by atoms with Gasteiger partial charge in [0.1, 0.15) is 0 Å². The summed E-state index contributed by atoms with van der Waals surface area (Å²) in [7, 11) is 0. The molecular formula is C28H30Cl3N3O. The van der Waals surface area contributed by atoms with Crippen molar-refractivity contribution in [2.24, 2.45) is 5.73 Å². The van der Waals surface area contributed by atoms with Crippen molar-refractivity contribution in [2.75, 3.05) is 31.1 Å². The quantitative estimate of drug-likeness (QED) is 0.299. The number of carbonyl (C=O) groups excluding carboxylic acids is 1. The Bertz CT molecular complexity index is 1270. The number of fused-ring (bicyclic) bond motifs is 3. The van der Waals surface area contributed by atoms with Crippen LogP contribution in [0.2, 0.25) is 10.0 Å². The minimum atomic E-state index is -0.377. The fourth-order valence-corrected chi connectivity index (χ4v) is 5.89. The topological polar surface area (TPSA) is 58.4 Å². The molecule has 1 aliphatic carbocycles. The summed E-state index contributed by atoms with van der Waals surface area (Å²) in [5, 5.41) is 4.43. The summed E-state index contributed by atoms with van der Waals surface area (Å²) in [5.74, 6) is -0.377. The molecule has 35 heavy (non-hydrogen) atoms. The molecule has 3 aromatic rings. The van der Waals surface area contributed by atoms with Crippen LogP contribution in [0.25, 0.3) is 22.3 Å². The van der Waals surface area contributed by atoms with E-state index in [0.29, 0.717) is 15.6 Å². The van der Waals surface area contributed by atoms with Crippen LogP contribution in [0, 0.1) is 0 Å². The van der Waals surface area contributed by atoms with Crippen LogP contribution < -0.4 is 16.0 Å². The van der Waals surface area contributed by atoms with Gasteiger partial charge in [0.25, 0.3) is 5.91 Å². The smallest absolute Gasteiger partial charge is 0.251 e. The zero-order valence-corrected chi connectivity index (χ0v) is 22.1. The fraction of sp³-hybridized carbons (Fsp3) is 0.321. The molecule has 0 spiro atoms. The number of primary amides is 1. The monoisotopic (exact) mass is 529 g/mol. The van der Waals surface area contributed by atoms with E-state index in [0.717, 1.165) is 74.2 Å². The summed E-state index contributed by atoms with van der Waals surface area (Å²) < 4.78 is 0. The zero-order chi connectivity index (χ0) is 23.8. The van der Waals surface area contributed by atoms with E-state index in [1.54, 1.807) is 6.07 Å². The molecule has 5 rings (SSSR count). The number of hydrogen-bond donors (Lipinski definition) is 2. The Kier molecular flexibility index (Phi) is 7.97. The number of anilines is 1. The highest BCUT2D eigenvalue weighted by Gasteiger charge is 2.34. The fourth-order valence-electron chi connectivity index (χ4n) is 5.50. The Hall–Kier alpha value is -2.24. The summed E-state index contributed by atoms with van der Waals surface area (Å²) >= 11 is 13.4. The zero-order valence-electron chi connectivity index (χ0n) is 19.8. The van der Waals surface area contributed by atoms with Gasteiger partial charge in [0, 0.05) is 37.3 Å². The molecule has 0 aromatic heterocycles. The van der Waals surface area contributed by atoms with Crippen LogP contribution in [-0.2, 0) is 12.8 Å². The maximum Gasteiger partial charge on any atom is 0.251 e. The van der Waals surface area contributed by atoms with Gasteiger partial charge in [-0.15, -0.1) is 12.4 Å². The molecule has 1 fully saturated rings. The van der Waals surface area contributed by atoms with Crippen molar-refractivity contribution in [2.45, 2.75) is 32.6 Å². The van der Waals surface area contributed by atoms with Crippen LogP contribution in [0.1, 0.15) is 46.8 Å². The average molecular weight is 531 g/mol. The molecule has 1 amide bonds. The number of unbranched alkanes of at least 4 members (excludes halogenated alkanes) is 1. The van der Waals surface area contributed by atoms with Gasteiger partial charge in [0.2, 0.25) is 0 Å². The van der Waals surface area contributed by atoms with Crippen LogP contribution in [0.5, 0.6) is 0 Å². The molecule has 0 bridgehead atoms. The van der Waals surface area contributed by atoms with Gasteiger partial charge in [-0.2, -0.15) is 0 Å². The molecule has 0 atom stereocenters. The molecule has 3 N–H and O–H groups in total. The first-order chi connectivity index (χ1) is 16.5. The predicted molar refractivity (Wildman–Crippen MR) is 150 cm³/mol. The maximum absolute atomic E-state index is 13.2. The van der Waals surface area contributed by atoms with Crippen molar-refractivity contribution in [1.29, 1.82) is 0 Å². The third-order valence-corrected chi connectivity index (χ3v) is 7.85. The summed E-state index contributed by atoms with van der Waals surface area (Å²) in [6.45, 7) is 5.45. The number of nitrogens with two attached hydrogens (primary N) is 1. The number of nitrogens with zero attached hydrogens (tertiary/aromatic N) is 1. The normalized spacial score (nSPS) is 14.3. The lowest BCUT2D eigenvalue weighted by atomic mass is 9.83. The number of benzene rings is 3. The molecule has 7 heteroatoms. The summed E-state index contributed by atoms with van der Waals surface area (Å²) in [6, 6.07) is 14.2. The van der Waals surface area contributed by atoms with Crippen LogP contribution in [0.15, 0.2) is 42.5 Å².